The molecule has 2 unspecified atom stereocenters. The second-order valence-electron chi connectivity index (χ2n) is 5.31. The minimum Gasteiger partial charge on any atom is -0.325 e. The summed E-state index contributed by atoms with van der Waals surface area (Å²) in [5, 5.41) is 0. The molecule has 0 radical (unpaired) electrons. The summed E-state index contributed by atoms with van der Waals surface area (Å²) in [7, 11) is 0. The molecule has 0 aromatic heterocycles. The average molecular weight is 183 g/mol. The Labute approximate surface area is 83.1 Å². The molecule has 1 rings (SSSR count). The van der Waals surface area contributed by atoms with Crippen LogP contribution in [-0.4, -0.2) is 5.54 Å². The van der Waals surface area contributed by atoms with Crippen LogP contribution in [0.15, 0.2) is 0 Å². The van der Waals surface area contributed by atoms with Crippen molar-refractivity contribution in [2.24, 2.45) is 17.6 Å². The second kappa shape index (κ2) is 4.45. The number of hydrogen-bond acceptors (Lipinski definition) is 1. The molecule has 1 heteroatoms. The number of nitrogens with two attached hydrogens (primary N) is 1. The predicted molar refractivity (Wildman–Crippen MR) is 58.6 cm³/mol. The lowest BCUT2D eigenvalue weighted by molar-refractivity contribution is 0.182. The summed E-state index contributed by atoms with van der Waals surface area (Å²) in [6, 6.07) is 0. The highest BCUT2D eigenvalue weighted by atomic mass is 14.8. The summed E-state index contributed by atoms with van der Waals surface area (Å²) in [6.07, 6.45) is 7.85. The molecule has 0 aliphatic heterocycles. The summed E-state index contributed by atoms with van der Waals surface area (Å²) in [4.78, 5) is 0. The van der Waals surface area contributed by atoms with E-state index in [1.165, 1.54) is 38.5 Å². The second-order valence-corrected chi connectivity index (χ2v) is 5.31. The van der Waals surface area contributed by atoms with E-state index < -0.39 is 0 Å². The zero-order chi connectivity index (χ0) is 9.90. The molecule has 1 saturated carbocycles. The van der Waals surface area contributed by atoms with Crippen molar-refractivity contribution in [1.29, 1.82) is 0 Å². The average Bonchev–Trinajstić information content (AvgIpc) is 2.07. The van der Waals surface area contributed by atoms with Gasteiger partial charge in [0.2, 0.25) is 0 Å². The molecule has 1 fully saturated rings. The van der Waals surface area contributed by atoms with Crippen molar-refractivity contribution in [3.05, 3.63) is 0 Å². The van der Waals surface area contributed by atoms with Gasteiger partial charge in [-0.3, -0.25) is 0 Å². The molecule has 0 saturated heterocycles. The van der Waals surface area contributed by atoms with Crippen LogP contribution >= 0.6 is 0 Å². The molecule has 13 heavy (non-hydrogen) atoms. The standard InChI is InChI=1S/C12H25N/c1-10(2)7-9-12(13)8-5-4-6-11(12)3/h10-11H,4-9,13H2,1-3H3. The molecular formula is C12H25N. The Balaban J connectivity index is 2.42. The van der Waals surface area contributed by atoms with Crippen molar-refractivity contribution in [2.45, 2.75) is 64.8 Å². The molecule has 2 atom stereocenters. The zero-order valence-electron chi connectivity index (χ0n) is 9.47. The fourth-order valence-electron chi connectivity index (χ4n) is 2.37. The fraction of sp³-hybridized carbons (Fsp3) is 1.00. The quantitative estimate of drug-likeness (QED) is 0.713. The Kier molecular flexibility index (Phi) is 3.78. The maximum Gasteiger partial charge on any atom is 0.0180 e. The van der Waals surface area contributed by atoms with E-state index in [1.807, 2.05) is 0 Å². The van der Waals surface area contributed by atoms with E-state index in [-0.39, 0.29) is 5.54 Å². The van der Waals surface area contributed by atoms with Crippen molar-refractivity contribution in [3.8, 4) is 0 Å². The van der Waals surface area contributed by atoms with Crippen molar-refractivity contribution < 1.29 is 0 Å². The highest BCUT2D eigenvalue weighted by Gasteiger charge is 2.33. The molecule has 1 aliphatic rings. The van der Waals surface area contributed by atoms with E-state index in [4.69, 9.17) is 5.73 Å². The molecule has 0 amide bonds. The Bertz CT molecular complexity index is 153. The van der Waals surface area contributed by atoms with Gasteiger partial charge >= 0.3 is 0 Å². The van der Waals surface area contributed by atoms with Crippen molar-refractivity contribution in [2.75, 3.05) is 0 Å². The summed E-state index contributed by atoms with van der Waals surface area (Å²) >= 11 is 0. The van der Waals surface area contributed by atoms with Gasteiger partial charge in [-0.05, 0) is 37.5 Å². The van der Waals surface area contributed by atoms with Crippen LogP contribution in [-0.2, 0) is 0 Å². The van der Waals surface area contributed by atoms with E-state index >= 15 is 0 Å². The van der Waals surface area contributed by atoms with Crippen LogP contribution in [0.3, 0.4) is 0 Å². The number of hydrogen-bond donors (Lipinski definition) is 1. The Morgan fingerprint density at radius 1 is 1.38 bits per heavy atom. The molecule has 1 nitrogen and oxygen atoms in total. The minimum absolute atomic E-state index is 0.169. The van der Waals surface area contributed by atoms with Crippen LogP contribution in [0.25, 0.3) is 0 Å². The van der Waals surface area contributed by atoms with E-state index in [1.54, 1.807) is 0 Å². The van der Waals surface area contributed by atoms with Crippen molar-refractivity contribution >= 4 is 0 Å². The molecule has 78 valence electrons. The largest absolute Gasteiger partial charge is 0.325 e. The summed E-state index contributed by atoms with van der Waals surface area (Å²) in [5.74, 6) is 1.54. The molecule has 0 spiro atoms. The smallest absolute Gasteiger partial charge is 0.0180 e. The van der Waals surface area contributed by atoms with Crippen LogP contribution in [0.5, 0.6) is 0 Å². The molecule has 0 bridgehead atoms. The van der Waals surface area contributed by atoms with Crippen LogP contribution < -0.4 is 5.73 Å². The van der Waals surface area contributed by atoms with Crippen LogP contribution in [0.2, 0.25) is 0 Å². The molecule has 0 heterocycles. The normalized spacial score (nSPS) is 35.3. The van der Waals surface area contributed by atoms with Gasteiger partial charge in [0.25, 0.3) is 0 Å². The molecule has 0 aromatic carbocycles. The Hall–Kier alpha value is -0.0400. The summed E-state index contributed by atoms with van der Waals surface area (Å²) in [6.45, 7) is 6.91. The predicted octanol–water partition coefficient (Wildman–Crippen LogP) is 3.33. The van der Waals surface area contributed by atoms with E-state index in [0.29, 0.717) is 0 Å². The van der Waals surface area contributed by atoms with Gasteiger partial charge in [0.1, 0.15) is 0 Å². The SMILES string of the molecule is CC(C)CCC1(N)CCCCC1C. The van der Waals surface area contributed by atoms with Gasteiger partial charge in [-0.15, -0.1) is 0 Å². The first kappa shape index (κ1) is 11.0. The first-order chi connectivity index (χ1) is 6.04. The summed E-state index contributed by atoms with van der Waals surface area (Å²) in [5.41, 5.74) is 6.62. The highest BCUT2D eigenvalue weighted by Crippen LogP contribution is 2.35. The fourth-order valence-corrected chi connectivity index (χ4v) is 2.37. The lowest BCUT2D eigenvalue weighted by atomic mass is 9.71. The molecular weight excluding hydrogens is 158 g/mol. The Morgan fingerprint density at radius 3 is 2.62 bits per heavy atom. The third kappa shape index (κ3) is 2.98. The molecule has 1 aliphatic carbocycles. The first-order valence-electron chi connectivity index (χ1n) is 5.83. The topological polar surface area (TPSA) is 26.0 Å². The third-order valence-electron chi connectivity index (χ3n) is 3.70. The lowest BCUT2D eigenvalue weighted by Crippen LogP contribution is -2.48. The first-order valence-corrected chi connectivity index (χ1v) is 5.83. The van der Waals surface area contributed by atoms with Gasteiger partial charge in [-0.1, -0.05) is 33.6 Å². The van der Waals surface area contributed by atoms with Gasteiger partial charge < -0.3 is 5.73 Å². The van der Waals surface area contributed by atoms with Gasteiger partial charge in [-0.2, -0.15) is 0 Å². The van der Waals surface area contributed by atoms with Gasteiger partial charge in [0, 0.05) is 5.54 Å². The molecule has 2 N–H and O–H groups in total. The van der Waals surface area contributed by atoms with E-state index in [9.17, 15) is 0 Å². The van der Waals surface area contributed by atoms with Crippen molar-refractivity contribution in [3.63, 3.8) is 0 Å². The Morgan fingerprint density at radius 2 is 2.08 bits per heavy atom. The van der Waals surface area contributed by atoms with Gasteiger partial charge in [-0.25, -0.2) is 0 Å². The van der Waals surface area contributed by atoms with Crippen LogP contribution in [0.1, 0.15) is 59.3 Å². The molecule has 0 aromatic rings. The zero-order valence-corrected chi connectivity index (χ0v) is 9.47. The maximum absolute atomic E-state index is 6.45. The number of rotatable bonds is 3. The van der Waals surface area contributed by atoms with Crippen molar-refractivity contribution in [1.82, 2.24) is 0 Å². The minimum atomic E-state index is 0.169. The van der Waals surface area contributed by atoms with Gasteiger partial charge in [0.15, 0.2) is 0 Å². The van der Waals surface area contributed by atoms with E-state index in [2.05, 4.69) is 20.8 Å². The summed E-state index contributed by atoms with van der Waals surface area (Å²) < 4.78 is 0. The van der Waals surface area contributed by atoms with Crippen LogP contribution in [0.4, 0.5) is 0 Å². The van der Waals surface area contributed by atoms with Crippen LogP contribution in [0, 0.1) is 11.8 Å². The monoisotopic (exact) mass is 183 g/mol. The van der Waals surface area contributed by atoms with Gasteiger partial charge in [0.05, 0.1) is 0 Å². The lowest BCUT2D eigenvalue weighted by Gasteiger charge is -2.40. The highest BCUT2D eigenvalue weighted by molar-refractivity contribution is 4.92. The third-order valence-corrected chi connectivity index (χ3v) is 3.70. The van der Waals surface area contributed by atoms with E-state index in [0.717, 1.165) is 11.8 Å². The maximum atomic E-state index is 6.45.